The van der Waals surface area contributed by atoms with Gasteiger partial charge in [0.25, 0.3) is 0 Å². The fraction of sp³-hybridized carbons (Fsp3) is 0.818. The lowest BCUT2D eigenvalue weighted by molar-refractivity contribution is -0.138. The zero-order valence-electron chi connectivity index (χ0n) is 9.15. The van der Waals surface area contributed by atoms with Crippen molar-refractivity contribution in [3.8, 4) is 6.07 Å². The van der Waals surface area contributed by atoms with Gasteiger partial charge in [0.2, 0.25) is 0 Å². The van der Waals surface area contributed by atoms with Gasteiger partial charge in [0.1, 0.15) is 0 Å². The first-order valence-electron chi connectivity index (χ1n) is 5.44. The van der Waals surface area contributed by atoms with Crippen LogP contribution in [-0.2, 0) is 4.79 Å². The van der Waals surface area contributed by atoms with Crippen LogP contribution in [0.1, 0.15) is 26.2 Å². The van der Waals surface area contributed by atoms with E-state index >= 15 is 0 Å². The largest absolute Gasteiger partial charge is 0.481 e. The molecule has 1 rings (SSSR count). The molecule has 0 bridgehead atoms. The lowest BCUT2D eigenvalue weighted by atomic mass is 9.85. The average Bonchev–Trinajstić information content (AvgIpc) is 2.17. The van der Waals surface area contributed by atoms with Gasteiger partial charge in [0.05, 0.1) is 12.6 Å². The number of carboxylic acids is 1. The Morgan fingerprint density at radius 1 is 1.73 bits per heavy atom. The smallest absolute Gasteiger partial charge is 0.303 e. The highest BCUT2D eigenvalue weighted by molar-refractivity contribution is 5.66. The van der Waals surface area contributed by atoms with Crippen LogP contribution in [0.4, 0.5) is 0 Å². The summed E-state index contributed by atoms with van der Waals surface area (Å²) < 4.78 is 0. The van der Waals surface area contributed by atoms with Gasteiger partial charge in [0.15, 0.2) is 0 Å². The Morgan fingerprint density at radius 3 is 3.07 bits per heavy atom. The van der Waals surface area contributed by atoms with Crippen LogP contribution < -0.4 is 0 Å². The maximum atomic E-state index is 10.6. The van der Waals surface area contributed by atoms with Crippen LogP contribution in [0.3, 0.4) is 0 Å². The Morgan fingerprint density at radius 2 is 2.47 bits per heavy atom. The number of aliphatic carboxylic acids is 1. The normalized spacial score (nSPS) is 24.4. The van der Waals surface area contributed by atoms with Gasteiger partial charge in [-0.25, -0.2) is 0 Å². The van der Waals surface area contributed by atoms with Crippen molar-refractivity contribution in [2.45, 2.75) is 26.2 Å². The van der Waals surface area contributed by atoms with E-state index in [4.69, 9.17) is 10.4 Å². The summed E-state index contributed by atoms with van der Waals surface area (Å²) in [4.78, 5) is 12.7. The molecule has 0 aromatic carbocycles. The monoisotopic (exact) mass is 210 g/mol. The van der Waals surface area contributed by atoms with E-state index in [1.807, 2.05) is 6.92 Å². The maximum Gasteiger partial charge on any atom is 0.303 e. The Labute approximate surface area is 90.5 Å². The van der Waals surface area contributed by atoms with E-state index in [-0.39, 0.29) is 12.3 Å². The Balaban J connectivity index is 2.41. The van der Waals surface area contributed by atoms with Crippen LogP contribution in [-0.4, -0.2) is 35.6 Å². The third-order valence-corrected chi connectivity index (χ3v) is 3.14. The minimum absolute atomic E-state index is 0.212. The molecule has 4 heteroatoms. The molecule has 0 aromatic heterocycles. The third-order valence-electron chi connectivity index (χ3n) is 3.14. The highest BCUT2D eigenvalue weighted by Gasteiger charge is 2.25. The average molecular weight is 210 g/mol. The summed E-state index contributed by atoms with van der Waals surface area (Å²) in [6, 6.07) is 2.15. The maximum absolute atomic E-state index is 10.6. The second-order valence-corrected chi connectivity index (χ2v) is 4.37. The highest BCUT2D eigenvalue weighted by Crippen LogP contribution is 2.25. The van der Waals surface area contributed by atoms with E-state index in [1.54, 1.807) is 0 Å². The van der Waals surface area contributed by atoms with Crippen LogP contribution in [0.5, 0.6) is 0 Å². The van der Waals surface area contributed by atoms with E-state index in [0.717, 1.165) is 25.9 Å². The van der Waals surface area contributed by atoms with Crippen molar-refractivity contribution in [2.24, 2.45) is 11.8 Å². The van der Waals surface area contributed by atoms with Gasteiger partial charge in [-0.1, -0.05) is 6.92 Å². The van der Waals surface area contributed by atoms with E-state index in [1.165, 1.54) is 0 Å². The zero-order valence-corrected chi connectivity index (χ0v) is 9.15. The second kappa shape index (κ2) is 5.72. The molecule has 1 fully saturated rings. The predicted molar refractivity (Wildman–Crippen MR) is 56.2 cm³/mol. The molecule has 0 aliphatic carbocycles. The van der Waals surface area contributed by atoms with Crippen molar-refractivity contribution >= 4 is 5.97 Å². The number of rotatable bonds is 4. The lowest BCUT2D eigenvalue weighted by Gasteiger charge is -2.34. The van der Waals surface area contributed by atoms with Gasteiger partial charge < -0.3 is 5.11 Å². The molecule has 1 aliphatic rings. The Kier molecular flexibility index (Phi) is 4.57. The molecule has 0 spiro atoms. The number of piperidine rings is 1. The molecule has 2 atom stereocenters. The summed E-state index contributed by atoms with van der Waals surface area (Å²) in [5, 5.41) is 17.3. The van der Waals surface area contributed by atoms with Gasteiger partial charge in [0, 0.05) is 13.0 Å². The molecule has 15 heavy (non-hydrogen) atoms. The van der Waals surface area contributed by atoms with Crippen LogP contribution in [0, 0.1) is 23.2 Å². The molecule has 0 amide bonds. The molecule has 84 valence electrons. The molecule has 2 unspecified atom stereocenters. The number of carboxylic acid groups (broad SMARTS) is 1. The molecule has 1 N–H and O–H groups in total. The number of hydrogen-bond acceptors (Lipinski definition) is 3. The topological polar surface area (TPSA) is 64.3 Å². The van der Waals surface area contributed by atoms with Crippen LogP contribution in [0.2, 0.25) is 0 Å². The fourth-order valence-corrected chi connectivity index (χ4v) is 2.24. The molecule has 0 radical (unpaired) electrons. The summed E-state index contributed by atoms with van der Waals surface area (Å²) in [7, 11) is 0. The van der Waals surface area contributed by atoms with Crippen molar-refractivity contribution in [1.82, 2.24) is 4.90 Å². The van der Waals surface area contributed by atoms with Crippen LogP contribution >= 0.6 is 0 Å². The van der Waals surface area contributed by atoms with Gasteiger partial charge in [-0.05, 0) is 31.2 Å². The van der Waals surface area contributed by atoms with Gasteiger partial charge in [-0.2, -0.15) is 5.26 Å². The third kappa shape index (κ3) is 3.88. The minimum atomic E-state index is -0.722. The Bertz CT molecular complexity index is 260. The number of carbonyl (C=O) groups is 1. The van der Waals surface area contributed by atoms with Crippen molar-refractivity contribution in [3.05, 3.63) is 0 Å². The van der Waals surface area contributed by atoms with Crippen molar-refractivity contribution in [3.63, 3.8) is 0 Å². The number of hydrogen-bond donors (Lipinski definition) is 1. The summed E-state index contributed by atoms with van der Waals surface area (Å²) in [6.45, 7) is 4.32. The first-order valence-corrected chi connectivity index (χ1v) is 5.44. The molecule has 1 saturated heterocycles. The SMILES string of the molecule is CC(CC(=O)O)C1CCCN(CC#N)C1. The highest BCUT2D eigenvalue weighted by atomic mass is 16.4. The molecular formula is C11H18N2O2. The van der Waals surface area contributed by atoms with Crippen molar-refractivity contribution < 1.29 is 9.90 Å². The number of nitrogens with zero attached hydrogens (tertiary/aromatic N) is 2. The van der Waals surface area contributed by atoms with Gasteiger partial charge in [-0.15, -0.1) is 0 Å². The van der Waals surface area contributed by atoms with E-state index in [2.05, 4.69) is 11.0 Å². The molecule has 0 aromatic rings. The number of likely N-dealkylation sites (tertiary alicyclic amines) is 1. The quantitative estimate of drug-likeness (QED) is 0.711. The summed E-state index contributed by atoms with van der Waals surface area (Å²) in [5.74, 6) is -0.0768. The van der Waals surface area contributed by atoms with Crippen molar-refractivity contribution in [2.75, 3.05) is 19.6 Å². The van der Waals surface area contributed by atoms with E-state index < -0.39 is 5.97 Å². The molecule has 1 heterocycles. The van der Waals surface area contributed by atoms with Crippen LogP contribution in [0.25, 0.3) is 0 Å². The summed E-state index contributed by atoms with van der Waals surface area (Å²) in [5.41, 5.74) is 0. The van der Waals surface area contributed by atoms with E-state index in [0.29, 0.717) is 12.5 Å². The van der Waals surface area contributed by atoms with E-state index in [9.17, 15) is 4.79 Å². The fourth-order valence-electron chi connectivity index (χ4n) is 2.24. The standard InChI is InChI=1S/C11H18N2O2/c1-9(7-11(14)15)10-3-2-5-13(8-10)6-4-12/h9-10H,2-3,5-8H2,1H3,(H,14,15). The number of nitriles is 1. The first-order chi connectivity index (χ1) is 7.13. The first kappa shape index (κ1) is 12.0. The van der Waals surface area contributed by atoms with Gasteiger partial charge >= 0.3 is 5.97 Å². The van der Waals surface area contributed by atoms with Gasteiger partial charge in [-0.3, -0.25) is 9.69 Å². The second-order valence-electron chi connectivity index (χ2n) is 4.37. The summed E-state index contributed by atoms with van der Waals surface area (Å²) >= 11 is 0. The Hall–Kier alpha value is -1.08. The van der Waals surface area contributed by atoms with Crippen molar-refractivity contribution in [1.29, 1.82) is 5.26 Å². The lowest BCUT2D eigenvalue weighted by Crippen LogP contribution is -2.38. The summed E-state index contributed by atoms with van der Waals surface area (Å²) in [6.07, 6.45) is 2.41. The predicted octanol–water partition coefficient (Wildman–Crippen LogP) is 1.33. The molecule has 0 saturated carbocycles. The minimum Gasteiger partial charge on any atom is -0.481 e. The van der Waals surface area contributed by atoms with Crippen LogP contribution in [0.15, 0.2) is 0 Å². The zero-order chi connectivity index (χ0) is 11.3. The molecule has 4 nitrogen and oxygen atoms in total. The molecule has 1 aliphatic heterocycles. The molecular weight excluding hydrogens is 192 g/mol.